The van der Waals surface area contributed by atoms with E-state index in [4.69, 9.17) is 33.9 Å². The van der Waals surface area contributed by atoms with Gasteiger partial charge in [-0.15, -0.1) is 0 Å². The van der Waals surface area contributed by atoms with Crippen LogP contribution in [0.1, 0.15) is 54.9 Å². The Balaban J connectivity index is 0. The Morgan fingerprint density at radius 2 is 0.926 bits per heavy atom. The Morgan fingerprint density at radius 3 is 1.30 bits per heavy atom. The van der Waals surface area contributed by atoms with Gasteiger partial charge in [-0.05, 0) is 48.0 Å². The van der Waals surface area contributed by atoms with Crippen molar-refractivity contribution >= 4 is 0 Å². The van der Waals surface area contributed by atoms with E-state index in [2.05, 4.69) is 6.92 Å². The molecule has 0 aromatic carbocycles. The van der Waals surface area contributed by atoms with Gasteiger partial charge in [0.1, 0.15) is 0 Å². The van der Waals surface area contributed by atoms with Crippen molar-refractivity contribution in [2.75, 3.05) is 46.2 Å². The molecule has 0 aliphatic rings. The normalized spacial score (nSPS) is 16.8. The quantitative estimate of drug-likeness (QED) is 0.414. The fourth-order valence-electron chi connectivity index (χ4n) is 1.75. The van der Waals surface area contributed by atoms with Crippen molar-refractivity contribution in [2.24, 2.45) is 0 Å². The SMILES string of the molecule is CCCOC(C)COC(C)CO.CCOC(C)COC(C)COC(C)CO. The highest BCUT2D eigenvalue weighted by Gasteiger charge is 2.08. The maximum Gasteiger partial charge on any atom is 0.0781 e. The van der Waals surface area contributed by atoms with Crippen molar-refractivity contribution in [3.63, 3.8) is 0 Å². The van der Waals surface area contributed by atoms with Crippen LogP contribution in [0.5, 0.6) is 0 Å². The number of hydrogen-bond acceptors (Lipinski definition) is 7. The molecule has 0 radical (unpaired) electrons. The standard InChI is InChI=1S/C11H24O4.C9H20O3/c1-5-13-10(3)7-15-11(4)8-14-9(2)6-12;1-4-5-11-9(3)7-12-8(2)6-10/h9-12H,5-8H2,1-4H3;8-10H,4-7H2,1-3H3. The highest BCUT2D eigenvalue weighted by atomic mass is 16.6. The van der Waals surface area contributed by atoms with E-state index in [1.54, 1.807) is 0 Å². The summed E-state index contributed by atoms with van der Waals surface area (Å²) in [6, 6.07) is 0. The maximum absolute atomic E-state index is 8.75. The molecule has 5 atom stereocenters. The highest BCUT2D eigenvalue weighted by Crippen LogP contribution is 1.99. The fourth-order valence-corrected chi connectivity index (χ4v) is 1.75. The molecule has 5 unspecified atom stereocenters. The molecule has 0 aliphatic heterocycles. The third-order valence-corrected chi connectivity index (χ3v) is 3.42. The number of aliphatic hydroxyl groups is 2. The molecule has 0 amide bonds. The van der Waals surface area contributed by atoms with E-state index >= 15 is 0 Å². The molecular weight excluding hydrogens is 352 g/mol. The first-order valence-electron chi connectivity index (χ1n) is 10.1. The minimum absolute atomic E-state index is 0.0295. The van der Waals surface area contributed by atoms with Crippen molar-refractivity contribution in [1.82, 2.24) is 0 Å². The van der Waals surface area contributed by atoms with Crippen molar-refractivity contribution in [2.45, 2.75) is 85.4 Å². The van der Waals surface area contributed by atoms with Gasteiger partial charge < -0.3 is 33.9 Å². The number of aliphatic hydroxyl groups excluding tert-OH is 2. The lowest BCUT2D eigenvalue weighted by Gasteiger charge is -2.18. The second kappa shape index (κ2) is 20.5. The molecule has 2 N–H and O–H groups in total. The Kier molecular flexibility index (Phi) is 21.9. The summed E-state index contributed by atoms with van der Waals surface area (Å²) in [6.07, 6.45) is 1.09. The third kappa shape index (κ3) is 21.9. The summed E-state index contributed by atoms with van der Waals surface area (Å²) in [4.78, 5) is 0. The molecule has 0 heterocycles. The molecule has 0 rings (SSSR count). The van der Waals surface area contributed by atoms with Crippen molar-refractivity contribution in [3.05, 3.63) is 0 Å². The largest absolute Gasteiger partial charge is 0.394 e. The van der Waals surface area contributed by atoms with Gasteiger partial charge in [0.15, 0.2) is 0 Å². The summed E-state index contributed by atoms with van der Waals surface area (Å²) in [5, 5.41) is 17.4. The highest BCUT2D eigenvalue weighted by molar-refractivity contribution is 4.54. The summed E-state index contributed by atoms with van der Waals surface area (Å²) in [5.41, 5.74) is 0. The van der Waals surface area contributed by atoms with Crippen molar-refractivity contribution in [3.8, 4) is 0 Å². The van der Waals surface area contributed by atoms with Gasteiger partial charge in [0.25, 0.3) is 0 Å². The minimum Gasteiger partial charge on any atom is -0.394 e. The summed E-state index contributed by atoms with van der Waals surface area (Å²) in [5.74, 6) is 0. The molecule has 0 fully saturated rings. The molecule has 7 heteroatoms. The van der Waals surface area contributed by atoms with Gasteiger partial charge in [0.2, 0.25) is 0 Å². The summed E-state index contributed by atoms with van der Waals surface area (Å²) in [6.45, 7) is 16.8. The van der Waals surface area contributed by atoms with Gasteiger partial charge >= 0.3 is 0 Å². The van der Waals surface area contributed by atoms with Gasteiger partial charge in [-0.2, -0.15) is 0 Å². The van der Waals surface area contributed by atoms with Crippen molar-refractivity contribution < 1.29 is 33.9 Å². The molecule has 7 nitrogen and oxygen atoms in total. The van der Waals surface area contributed by atoms with E-state index in [9.17, 15) is 0 Å². The zero-order valence-electron chi connectivity index (χ0n) is 18.5. The average Bonchev–Trinajstić information content (AvgIpc) is 2.67. The molecule has 0 bridgehead atoms. The third-order valence-electron chi connectivity index (χ3n) is 3.42. The second-order valence-electron chi connectivity index (χ2n) is 6.74. The first kappa shape index (κ1) is 28.9. The predicted molar refractivity (Wildman–Crippen MR) is 107 cm³/mol. The van der Waals surface area contributed by atoms with E-state index in [-0.39, 0.29) is 43.7 Å². The van der Waals surface area contributed by atoms with Gasteiger partial charge in [-0.1, -0.05) is 6.92 Å². The monoisotopic (exact) mass is 396 g/mol. The van der Waals surface area contributed by atoms with Gasteiger partial charge in [0, 0.05) is 13.2 Å². The van der Waals surface area contributed by atoms with Gasteiger partial charge in [-0.3, -0.25) is 0 Å². The number of ether oxygens (including phenoxy) is 5. The van der Waals surface area contributed by atoms with E-state index in [1.165, 1.54) is 0 Å². The zero-order chi connectivity index (χ0) is 21.1. The van der Waals surface area contributed by atoms with E-state index in [0.29, 0.717) is 26.4 Å². The number of rotatable bonds is 16. The summed E-state index contributed by atoms with van der Waals surface area (Å²) in [7, 11) is 0. The van der Waals surface area contributed by atoms with Gasteiger partial charge in [-0.25, -0.2) is 0 Å². The lowest BCUT2D eigenvalue weighted by molar-refractivity contribution is -0.0729. The maximum atomic E-state index is 8.75. The van der Waals surface area contributed by atoms with Crippen LogP contribution in [0.15, 0.2) is 0 Å². The lowest BCUT2D eigenvalue weighted by atomic mass is 10.4. The molecular formula is C20H44O7. The van der Waals surface area contributed by atoms with Crippen LogP contribution in [0, 0.1) is 0 Å². The minimum atomic E-state index is -0.125. The summed E-state index contributed by atoms with van der Waals surface area (Å²) >= 11 is 0. The smallest absolute Gasteiger partial charge is 0.0781 e. The second-order valence-corrected chi connectivity index (χ2v) is 6.74. The van der Waals surface area contributed by atoms with Crippen molar-refractivity contribution in [1.29, 1.82) is 0 Å². The predicted octanol–water partition coefficient (Wildman–Crippen LogP) is 2.41. The molecule has 0 saturated heterocycles. The molecule has 0 aromatic rings. The molecule has 0 saturated carbocycles. The lowest BCUT2D eigenvalue weighted by Crippen LogP contribution is -2.26. The number of hydrogen-bond donors (Lipinski definition) is 2. The molecule has 27 heavy (non-hydrogen) atoms. The van der Waals surface area contributed by atoms with Crippen LogP contribution in [0.2, 0.25) is 0 Å². The van der Waals surface area contributed by atoms with E-state index < -0.39 is 0 Å². The van der Waals surface area contributed by atoms with E-state index in [1.807, 2.05) is 41.5 Å². The Hall–Kier alpha value is -0.280. The van der Waals surface area contributed by atoms with Gasteiger partial charge in [0.05, 0.1) is 63.6 Å². The Labute approximate surface area is 166 Å². The van der Waals surface area contributed by atoms with Crippen LogP contribution in [-0.2, 0) is 23.7 Å². The molecule has 166 valence electrons. The van der Waals surface area contributed by atoms with Crippen LogP contribution in [0.25, 0.3) is 0 Å². The van der Waals surface area contributed by atoms with Crippen LogP contribution in [0.3, 0.4) is 0 Å². The van der Waals surface area contributed by atoms with Crippen LogP contribution < -0.4 is 0 Å². The molecule has 0 aliphatic carbocycles. The Bertz CT molecular complexity index is 292. The molecule has 0 aromatic heterocycles. The first-order valence-corrected chi connectivity index (χ1v) is 10.1. The first-order chi connectivity index (χ1) is 12.8. The zero-order valence-corrected chi connectivity index (χ0v) is 18.5. The van der Waals surface area contributed by atoms with Crippen LogP contribution in [-0.4, -0.2) is 87.0 Å². The Morgan fingerprint density at radius 1 is 0.556 bits per heavy atom. The average molecular weight is 397 g/mol. The van der Waals surface area contributed by atoms with Crippen LogP contribution in [0.4, 0.5) is 0 Å². The van der Waals surface area contributed by atoms with Crippen LogP contribution >= 0.6 is 0 Å². The van der Waals surface area contributed by atoms with E-state index in [0.717, 1.165) is 13.0 Å². The molecule has 0 spiro atoms. The fraction of sp³-hybridized carbons (Fsp3) is 1.00. The summed E-state index contributed by atoms with van der Waals surface area (Å²) < 4.78 is 26.8. The topological polar surface area (TPSA) is 86.6 Å².